The van der Waals surface area contributed by atoms with E-state index in [2.05, 4.69) is 0 Å². The minimum Gasteiger partial charge on any atom is -0.478 e. The number of carboxylic acids is 1. The van der Waals surface area contributed by atoms with E-state index in [0.29, 0.717) is 5.56 Å². The highest BCUT2D eigenvalue weighted by molar-refractivity contribution is 6.13. The molecule has 2 aromatic rings. The summed E-state index contributed by atoms with van der Waals surface area (Å²) in [4.78, 5) is 36.7. The van der Waals surface area contributed by atoms with Crippen LogP contribution in [0.4, 0.5) is 0 Å². The van der Waals surface area contributed by atoms with Crippen LogP contribution in [-0.4, -0.2) is 23.1 Å². The molecule has 0 saturated carbocycles. The van der Waals surface area contributed by atoms with E-state index in [1.807, 2.05) is 12.4 Å². The van der Waals surface area contributed by atoms with Gasteiger partial charge in [-0.05, 0) is 11.6 Å². The van der Waals surface area contributed by atoms with Crippen molar-refractivity contribution in [3.8, 4) is 0 Å². The molecular weight excluding hydrogens is 316 g/mol. The van der Waals surface area contributed by atoms with Gasteiger partial charge in [-0.15, -0.1) is 0 Å². The molecular formula is C21H15O4. The first-order valence-electron chi connectivity index (χ1n) is 7.77. The molecule has 2 atom stereocenters. The summed E-state index contributed by atoms with van der Waals surface area (Å²) in [6.45, 7) is 0. The largest absolute Gasteiger partial charge is 0.478 e. The van der Waals surface area contributed by atoms with Crippen molar-refractivity contribution in [2.75, 3.05) is 0 Å². The van der Waals surface area contributed by atoms with Gasteiger partial charge in [0.1, 0.15) is 0 Å². The summed E-state index contributed by atoms with van der Waals surface area (Å²) in [5, 5.41) is 9.43. The van der Waals surface area contributed by atoms with Gasteiger partial charge in [0.2, 0.25) is 6.29 Å². The fourth-order valence-corrected chi connectivity index (χ4v) is 3.20. The van der Waals surface area contributed by atoms with E-state index in [4.69, 9.17) is 0 Å². The van der Waals surface area contributed by atoms with Crippen molar-refractivity contribution in [2.45, 2.75) is 5.41 Å². The quantitative estimate of drug-likeness (QED) is 0.853. The predicted molar refractivity (Wildman–Crippen MR) is 93.3 cm³/mol. The van der Waals surface area contributed by atoms with Gasteiger partial charge in [0.25, 0.3) is 0 Å². The lowest BCUT2D eigenvalue weighted by Crippen LogP contribution is -2.43. The van der Waals surface area contributed by atoms with Crippen LogP contribution < -0.4 is 0 Å². The first-order valence-corrected chi connectivity index (χ1v) is 7.77. The zero-order chi connectivity index (χ0) is 17.9. The molecule has 0 fully saturated rings. The van der Waals surface area contributed by atoms with Crippen molar-refractivity contribution in [1.82, 2.24) is 0 Å². The van der Waals surface area contributed by atoms with Gasteiger partial charge in [-0.25, -0.2) is 4.79 Å². The Kier molecular flexibility index (Phi) is 4.44. The minimum absolute atomic E-state index is 0.0686. The van der Waals surface area contributed by atoms with E-state index >= 15 is 0 Å². The van der Waals surface area contributed by atoms with Crippen LogP contribution in [0.1, 0.15) is 26.3 Å². The molecule has 1 aliphatic rings. The highest BCUT2D eigenvalue weighted by Gasteiger charge is 2.46. The van der Waals surface area contributed by atoms with Gasteiger partial charge in [0.15, 0.2) is 5.78 Å². The zero-order valence-corrected chi connectivity index (χ0v) is 13.3. The van der Waals surface area contributed by atoms with Gasteiger partial charge in [0.05, 0.1) is 16.9 Å². The second kappa shape index (κ2) is 6.69. The van der Waals surface area contributed by atoms with Crippen LogP contribution in [0.3, 0.4) is 0 Å². The normalized spacial score (nSPS) is 21.7. The van der Waals surface area contributed by atoms with E-state index in [-0.39, 0.29) is 11.1 Å². The third-order valence-corrected chi connectivity index (χ3v) is 4.42. The zero-order valence-electron chi connectivity index (χ0n) is 13.3. The van der Waals surface area contributed by atoms with Crippen molar-refractivity contribution in [3.05, 3.63) is 95.6 Å². The Bertz CT molecular complexity index is 880. The molecule has 0 aliphatic heterocycles. The molecule has 3 rings (SSSR count). The summed E-state index contributed by atoms with van der Waals surface area (Å²) < 4.78 is 0. The average Bonchev–Trinajstić information content (AvgIpc) is 2.67. The standard InChI is InChI=1S/C21H15O4/c22-14-16-10-6-7-13-21(16,15-8-2-1-3-9-15)19(23)17-11-4-5-12-18(17)20(24)25/h1-13,16H,(H,24,25). The third-order valence-electron chi connectivity index (χ3n) is 4.42. The van der Waals surface area contributed by atoms with E-state index in [1.165, 1.54) is 12.1 Å². The Hall–Kier alpha value is -3.27. The Balaban J connectivity index is 2.25. The highest BCUT2D eigenvalue weighted by Crippen LogP contribution is 2.40. The summed E-state index contributed by atoms with van der Waals surface area (Å²) in [5.41, 5.74) is -0.716. The predicted octanol–water partition coefficient (Wildman–Crippen LogP) is 3.36. The maximum Gasteiger partial charge on any atom is 0.336 e. The highest BCUT2D eigenvalue weighted by atomic mass is 16.4. The van der Waals surface area contributed by atoms with E-state index < -0.39 is 23.1 Å². The molecule has 0 saturated heterocycles. The van der Waals surface area contributed by atoms with E-state index in [0.717, 1.165) is 0 Å². The number of ketones is 1. The van der Waals surface area contributed by atoms with Crippen molar-refractivity contribution < 1.29 is 19.5 Å². The smallest absolute Gasteiger partial charge is 0.336 e. The monoisotopic (exact) mass is 331 g/mol. The van der Waals surface area contributed by atoms with Gasteiger partial charge in [0, 0.05) is 5.56 Å². The molecule has 0 amide bonds. The third kappa shape index (κ3) is 2.72. The first-order chi connectivity index (χ1) is 12.1. The van der Waals surface area contributed by atoms with Gasteiger partial charge in [-0.1, -0.05) is 72.8 Å². The molecule has 0 aromatic heterocycles. The molecule has 123 valence electrons. The fourth-order valence-electron chi connectivity index (χ4n) is 3.20. The number of Topliss-reactive ketones (excluding diaryl/α,β-unsaturated/α-hetero) is 1. The van der Waals surface area contributed by atoms with Gasteiger partial charge < -0.3 is 5.11 Å². The Morgan fingerprint density at radius 3 is 2.20 bits per heavy atom. The van der Waals surface area contributed by atoms with Crippen LogP contribution in [0, 0.1) is 5.92 Å². The summed E-state index contributed by atoms with van der Waals surface area (Å²) in [5.74, 6) is -2.46. The van der Waals surface area contributed by atoms with Crippen LogP contribution >= 0.6 is 0 Å². The molecule has 4 heteroatoms. The van der Waals surface area contributed by atoms with Gasteiger partial charge in [-0.3, -0.25) is 9.59 Å². The Morgan fingerprint density at radius 2 is 1.56 bits per heavy atom. The lowest BCUT2D eigenvalue weighted by molar-refractivity contribution is 0.0689. The molecule has 2 unspecified atom stereocenters. The maximum atomic E-state index is 13.5. The fraction of sp³-hybridized carbons (Fsp3) is 0.0952. The summed E-state index contributed by atoms with van der Waals surface area (Å²) in [6, 6.07) is 14.9. The number of rotatable bonds is 5. The average molecular weight is 331 g/mol. The van der Waals surface area contributed by atoms with Crippen molar-refractivity contribution in [3.63, 3.8) is 0 Å². The summed E-state index contributed by atoms with van der Waals surface area (Å²) in [6.07, 6.45) is 8.58. The summed E-state index contributed by atoms with van der Waals surface area (Å²) >= 11 is 0. The number of carbonyl (C=O) groups is 2. The number of allylic oxidation sites excluding steroid dienone is 4. The first kappa shape index (κ1) is 16.6. The second-order valence-corrected chi connectivity index (χ2v) is 5.75. The van der Waals surface area contributed by atoms with E-state index in [9.17, 15) is 19.5 Å². The number of aromatic carboxylic acids is 1. The number of benzene rings is 2. The van der Waals surface area contributed by atoms with Gasteiger partial charge in [-0.2, -0.15) is 0 Å². The lowest BCUT2D eigenvalue weighted by Gasteiger charge is -2.35. The lowest BCUT2D eigenvalue weighted by atomic mass is 9.64. The van der Waals surface area contributed by atoms with Gasteiger partial charge >= 0.3 is 5.97 Å². The van der Waals surface area contributed by atoms with E-state index in [1.54, 1.807) is 60.7 Å². The molecule has 1 radical (unpaired) electrons. The number of carboxylic acid groups (broad SMARTS) is 1. The molecule has 0 bridgehead atoms. The topological polar surface area (TPSA) is 71.4 Å². The van der Waals surface area contributed by atoms with Crippen LogP contribution in [0.15, 0.2) is 78.9 Å². The van der Waals surface area contributed by atoms with Crippen LogP contribution in [-0.2, 0) is 10.2 Å². The molecule has 1 N–H and O–H groups in total. The Labute approximate surface area is 145 Å². The van der Waals surface area contributed by atoms with Crippen LogP contribution in [0.2, 0.25) is 0 Å². The Morgan fingerprint density at radius 1 is 0.920 bits per heavy atom. The molecule has 2 aromatic carbocycles. The number of carbonyl (C=O) groups excluding carboxylic acids is 2. The van der Waals surface area contributed by atoms with Crippen molar-refractivity contribution >= 4 is 18.0 Å². The maximum absolute atomic E-state index is 13.5. The number of hydrogen-bond donors (Lipinski definition) is 1. The minimum atomic E-state index is -1.32. The molecule has 1 aliphatic carbocycles. The molecule has 0 spiro atoms. The molecule has 0 heterocycles. The molecule has 25 heavy (non-hydrogen) atoms. The molecule has 4 nitrogen and oxygen atoms in total. The SMILES string of the molecule is O=[C]C1C=CC=CC1(C(=O)c1ccccc1C(=O)O)c1ccccc1. The van der Waals surface area contributed by atoms with Crippen LogP contribution in [0.5, 0.6) is 0 Å². The van der Waals surface area contributed by atoms with Crippen molar-refractivity contribution in [2.24, 2.45) is 5.92 Å². The second-order valence-electron chi connectivity index (χ2n) is 5.75. The van der Waals surface area contributed by atoms with Crippen LogP contribution in [0.25, 0.3) is 0 Å². The number of hydrogen-bond acceptors (Lipinski definition) is 3. The van der Waals surface area contributed by atoms with Crippen molar-refractivity contribution in [1.29, 1.82) is 0 Å². The summed E-state index contributed by atoms with van der Waals surface area (Å²) in [7, 11) is 0.